The second-order valence-electron chi connectivity index (χ2n) is 4.80. The van der Waals surface area contributed by atoms with Gasteiger partial charge in [-0.05, 0) is 18.9 Å². The van der Waals surface area contributed by atoms with Crippen molar-refractivity contribution in [3.63, 3.8) is 0 Å². The maximum Gasteiger partial charge on any atom is 0.180 e. The molecule has 1 heterocycles. The molecule has 1 aromatic carbocycles. The third-order valence-corrected chi connectivity index (χ3v) is 4.39. The molecular weight excluding hydrogens is 266 g/mol. The van der Waals surface area contributed by atoms with Gasteiger partial charge >= 0.3 is 0 Å². The number of thiazole rings is 1. The zero-order chi connectivity index (χ0) is 14.4. The Morgan fingerprint density at radius 1 is 1.40 bits per heavy atom. The summed E-state index contributed by atoms with van der Waals surface area (Å²) in [5.74, 6) is 0. The molecule has 4 heteroatoms. The van der Waals surface area contributed by atoms with Crippen molar-refractivity contribution in [1.29, 1.82) is 0 Å². The normalized spacial score (nSPS) is 12.5. The van der Waals surface area contributed by atoms with Gasteiger partial charge in [0, 0.05) is 30.2 Å². The molecule has 1 aromatic heterocycles. The van der Waals surface area contributed by atoms with Gasteiger partial charge in [-0.15, -0.1) is 17.9 Å². The van der Waals surface area contributed by atoms with E-state index >= 15 is 0 Å². The standard InChI is InChI=1S/C16H21N3S/c1-3-10-19(11-9-14-7-5-4-6-8-14)13(2)15-12-18-16(17)20-15/h3-8,12-13H,1,9-11H2,2H3,(H2,17,18). The van der Waals surface area contributed by atoms with Gasteiger partial charge in [-0.2, -0.15) is 0 Å². The summed E-state index contributed by atoms with van der Waals surface area (Å²) in [7, 11) is 0. The van der Waals surface area contributed by atoms with Gasteiger partial charge in [0.25, 0.3) is 0 Å². The number of anilines is 1. The van der Waals surface area contributed by atoms with E-state index < -0.39 is 0 Å². The van der Waals surface area contributed by atoms with Crippen molar-refractivity contribution < 1.29 is 0 Å². The van der Waals surface area contributed by atoms with Crippen LogP contribution < -0.4 is 5.73 Å². The Labute approximate surface area is 124 Å². The van der Waals surface area contributed by atoms with E-state index in [4.69, 9.17) is 5.73 Å². The van der Waals surface area contributed by atoms with E-state index in [0.717, 1.165) is 19.5 Å². The maximum atomic E-state index is 5.72. The van der Waals surface area contributed by atoms with Crippen molar-refractivity contribution in [3.8, 4) is 0 Å². The van der Waals surface area contributed by atoms with Crippen LogP contribution in [0.2, 0.25) is 0 Å². The highest BCUT2D eigenvalue weighted by Crippen LogP contribution is 2.27. The molecule has 2 N–H and O–H groups in total. The number of aromatic nitrogens is 1. The van der Waals surface area contributed by atoms with Crippen LogP contribution in [-0.2, 0) is 6.42 Å². The van der Waals surface area contributed by atoms with Gasteiger partial charge in [0.15, 0.2) is 5.13 Å². The van der Waals surface area contributed by atoms with E-state index in [1.165, 1.54) is 10.4 Å². The number of nitrogen functional groups attached to an aromatic ring is 1. The van der Waals surface area contributed by atoms with Crippen LogP contribution in [0.1, 0.15) is 23.4 Å². The molecule has 3 nitrogen and oxygen atoms in total. The molecule has 0 aliphatic heterocycles. The van der Waals surface area contributed by atoms with E-state index in [1.54, 1.807) is 11.3 Å². The largest absolute Gasteiger partial charge is 0.375 e. The SMILES string of the molecule is C=CCN(CCc1ccccc1)C(C)c1cnc(N)s1. The summed E-state index contributed by atoms with van der Waals surface area (Å²) in [4.78, 5) is 7.74. The van der Waals surface area contributed by atoms with E-state index in [2.05, 4.69) is 47.7 Å². The van der Waals surface area contributed by atoms with Gasteiger partial charge in [0.1, 0.15) is 0 Å². The lowest BCUT2D eigenvalue weighted by Crippen LogP contribution is -2.29. The second-order valence-corrected chi connectivity index (χ2v) is 5.89. The summed E-state index contributed by atoms with van der Waals surface area (Å²) < 4.78 is 0. The van der Waals surface area contributed by atoms with Crippen molar-refractivity contribution in [2.75, 3.05) is 18.8 Å². The van der Waals surface area contributed by atoms with Gasteiger partial charge in [-0.1, -0.05) is 36.4 Å². The average Bonchev–Trinajstić information content (AvgIpc) is 2.90. The molecule has 106 valence electrons. The summed E-state index contributed by atoms with van der Waals surface area (Å²) in [6.45, 7) is 7.92. The fourth-order valence-electron chi connectivity index (χ4n) is 2.20. The summed E-state index contributed by atoms with van der Waals surface area (Å²) >= 11 is 1.56. The van der Waals surface area contributed by atoms with Gasteiger partial charge in [-0.3, -0.25) is 4.90 Å². The van der Waals surface area contributed by atoms with Crippen LogP contribution in [0.15, 0.2) is 49.2 Å². The van der Waals surface area contributed by atoms with Crippen LogP contribution in [0.3, 0.4) is 0 Å². The number of nitrogens with two attached hydrogens (primary N) is 1. The van der Waals surface area contributed by atoms with E-state index in [1.807, 2.05) is 18.3 Å². The zero-order valence-corrected chi connectivity index (χ0v) is 12.6. The van der Waals surface area contributed by atoms with Gasteiger partial charge in [-0.25, -0.2) is 4.98 Å². The number of benzene rings is 1. The Hall–Kier alpha value is -1.65. The van der Waals surface area contributed by atoms with Crippen molar-refractivity contribution >= 4 is 16.5 Å². The minimum Gasteiger partial charge on any atom is -0.375 e. The van der Waals surface area contributed by atoms with Crippen LogP contribution in [0.4, 0.5) is 5.13 Å². The van der Waals surface area contributed by atoms with Crippen LogP contribution in [0, 0.1) is 0 Å². The molecule has 1 atom stereocenters. The van der Waals surface area contributed by atoms with E-state index in [9.17, 15) is 0 Å². The first kappa shape index (κ1) is 14.8. The van der Waals surface area contributed by atoms with E-state index in [-0.39, 0.29) is 0 Å². The Kier molecular flexibility index (Phi) is 5.32. The van der Waals surface area contributed by atoms with Crippen LogP contribution >= 0.6 is 11.3 Å². The number of nitrogens with zero attached hydrogens (tertiary/aromatic N) is 2. The van der Waals surface area contributed by atoms with Crippen molar-refractivity contribution in [2.24, 2.45) is 0 Å². The maximum absolute atomic E-state index is 5.72. The summed E-state index contributed by atoms with van der Waals surface area (Å²) in [6, 6.07) is 10.9. The fourth-order valence-corrected chi connectivity index (χ4v) is 2.97. The predicted octanol–water partition coefficient (Wildman–Crippen LogP) is 3.52. The number of hydrogen-bond acceptors (Lipinski definition) is 4. The molecule has 0 bridgehead atoms. The highest BCUT2D eigenvalue weighted by molar-refractivity contribution is 7.15. The van der Waals surface area contributed by atoms with Crippen LogP contribution in [0.25, 0.3) is 0 Å². The first-order chi connectivity index (χ1) is 9.70. The van der Waals surface area contributed by atoms with Crippen LogP contribution in [0.5, 0.6) is 0 Å². The van der Waals surface area contributed by atoms with Gasteiger partial charge < -0.3 is 5.73 Å². The lowest BCUT2D eigenvalue weighted by atomic mass is 10.1. The van der Waals surface area contributed by atoms with Crippen LogP contribution in [-0.4, -0.2) is 23.0 Å². The highest BCUT2D eigenvalue weighted by Gasteiger charge is 2.16. The predicted molar refractivity (Wildman–Crippen MR) is 86.9 cm³/mol. The van der Waals surface area contributed by atoms with Crippen molar-refractivity contribution in [3.05, 3.63) is 59.6 Å². The molecule has 2 rings (SSSR count). The average molecular weight is 287 g/mol. The Morgan fingerprint density at radius 3 is 2.75 bits per heavy atom. The third-order valence-electron chi connectivity index (χ3n) is 3.40. The third kappa shape index (κ3) is 3.92. The molecule has 0 saturated heterocycles. The second kappa shape index (κ2) is 7.22. The zero-order valence-electron chi connectivity index (χ0n) is 11.8. The quantitative estimate of drug-likeness (QED) is 0.792. The summed E-state index contributed by atoms with van der Waals surface area (Å²) in [5.41, 5.74) is 7.08. The molecule has 0 fully saturated rings. The summed E-state index contributed by atoms with van der Waals surface area (Å²) in [6.07, 6.45) is 4.86. The van der Waals surface area contributed by atoms with Gasteiger partial charge in [0.05, 0.1) is 0 Å². The smallest absolute Gasteiger partial charge is 0.180 e. The Morgan fingerprint density at radius 2 is 2.15 bits per heavy atom. The molecule has 20 heavy (non-hydrogen) atoms. The minimum absolute atomic E-state index is 0.312. The lowest BCUT2D eigenvalue weighted by Gasteiger charge is -2.27. The Bertz CT molecular complexity index is 536. The Balaban J connectivity index is 2.01. The molecule has 2 aromatic rings. The summed E-state index contributed by atoms with van der Waals surface area (Å²) in [5, 5.41) is 0.633. The minimum atomic E-state index is 0.312. The molecule has 0 radical (unpaired) electrons. The lowest BCUT2D eigenvalue weighted by molar-refractivity contribution is 0.240. The number of hydrogen-bond donors (Lipinski definition) is 1. The first-order valence-electron chi connectivity index (χ1n) is 6.80. The highest BCUT2D eigenvalue weighted by atomic mass is 32.1. The first-order valence-corrected chi connectivity index (χ1v) is 7.62. The monoisotopic (exact) mass is 287 g/mol. The molecule has 0 aliphatic carbocycles. The molecule has 0 aliphatic rings. The fraction of sp³-hybridized carbons (Fsp3) is 0.312. The van der Waals surface area contributed by atoms with Crippen molar-refractivity contribution in [2.45, 2.75) is 19.4 Å². The number of rotatable bonds is 7. The van der Waals surface area contributed by atoms with Crippen molar-refractivity contribution in [1.82, 2.24) is 9.88 Å². The molecule has 0 amide bonds. The van der Waals surface area contributed by atoms with E-state index in [0.29, 0.717) is 11.2 Å². The topological polar surface area (TPSA) is 42.2 Å². The molecule has 0 saturated carbocycles. The molecule has 1 unspecified atom stereocenters. The molecule has 0 spiro atoms. The van der Waals surface area contributed by atoms with Gasteiger partial charge in [0.2, 0.25) is 0 Å². The molecular formula is C16H21N3S.